The highest BCUT2D eigenvalue weighted by molar-refractivity contribution is 7.79. The van der Waals surface area contributed by atoms with Gasteiger partial charge in [0.1, 0.15) is 0 Å². The van der Waals surface area contributed by atoms with Crippen LogP contribution in [0.15, 0.2) is 12.4 Å². The minimum atomic E-state index is -0.449. The summed E-state index contributed by atoms with van der Waals surface area (Å²) >= 11 is 4.49. The molecule has 46 valence electrons. The molecule has 0 saturated heterocycles. The summed E-state index contributed by atoms with van der Waals surface area (Å²) in [4.78, 5) is 7.10. The van der Waals surface area contributed by atoms with Gasteiger partial charge in [0.15, 0.2) is 11.6 Å². The number of halogens is 1. The molecule has 0 radical (unpaired) electrons. The van der Waals surface area contributed by atoms with Crippen LogP contribution in [0.25, 0.3) is 0 Å². The van der Waals surface area contributed by atoms with Crippen LogP contribution in [0, 0.1) is 5.82 Å². The Labute approximate surface area is 56.8 Å². The van der Waals surface area contributed by atoms with Crippen LogP contribution in [0.5, 0.6) is 0 Å². The molecule has 0 aliphatic rings. The summed E-state index contributed by atoms with van der Waals surface area (Å²) in [6.45, 7) is 0. The van der Waals surface area contributed by atoms with Gasteiger partial charge in [0.05, 0.1) is 12.4 Å². The topological polar surface area (TPSA) is 25.8 Å². The molecule has 0 aromatic carbocycles. The second-order valence-corrected chi connectivity index (χ2v) is 1.61. The maximum absolute atomic E-state index is 12.1. The molecular weight excluding hydrogens is 139 g/mol. The quantitative estimate of drug-likeness (QED) is 0.546. The fourth-order valence-electron chi connectivity index (χ4n) is 0.383. The van der Waals surface area contributed by atoms with Crippen molar-refractivity contribution < 1.29 is 4.39 Å². The molecule has 0 aliphatic heterocycles. The van der Waals surface area contributed by atoms with Crippen molar-refractivity contribution >= 4 is 17.6 Å². The van der Waals surface area contributed by atoms with Gasteiger partial charge in [0.25, 0.3) is 0 Å². The average Bonchev–Trinajstić information content (AvgIpc) is 1.90. The normalized spacial score (nSPS) is 9.00. The second kappa shape index (κ2) is 2.59. The second-order valence-electron chi connectivity index (χ2n) is 1.38. The fourth-order valence-corrected chi connectivity index (χ4v) is 0.505. The van der Waals surface area contributed by atoms with Gasteiger partial charge in [-0.2, -0.15) is 0 Å². The lowest BCUT2D eigenvalue weighted by atomic mass is 10.6. The van der Waals surface area contributed by atoms with Crippen LogP contribution in [0.4, 0.5) is 4.39 Å². The van der Waals surface area contributed by atoms with Crippen LogP contribution < -0.4 is 0 Å². The SMILES string of the molecule is Fc1cnc(C=S)nc1. The Bertz CT molecular complexity index is 209. The first kappa shape index (κ1) is 6.22. The monoisotopic (exact) mass is 142 g/mol. The fraction of sp³-hybridized carbons (Fsp3) is 0. The molecule has 2 nitrogen and oxygen atoms in total. The van der Waals surface area contributed by atoms with Crippen molar-refractivity contribution in [2.24, 2.45) is 0 Å². The van der Waals surface area contributed by atoms with Gasteiger partial charge in [-0.05, 0) is 0 Å². The number of hydrogen-bond acceptors (Lipinski definition) is 3. The molecule has 1 aromatic rings. The Hall–Kier alpha value is -0.900. The lowest BCUT2D eigenvalue weighted by Crippen LogP contribution is -1.90. The zero-order valence-electron chi connectivity index (χ0n) is 4.41. The third kappa shape index (κ3) is 1.50. The number of aromatic nitrogens is 2. The third-order valence-electron chi connectivity index (χ3n) is 0.746. The first-order chi connectivity index (χ1) is 4.33. The summed E-state index contributed by atoms with van der Waals surface area (Å²) in [5.74, 6) is -0.0815. The van der Waals surface area contributed by atoms with Gasteiger partial charge in [-0.25, -0.2) is 14.4 Å². The van der Waals surface area contributed by atoms with Crippen LogP contribution in [0.1, 0.15) is 5.82 Å². The standard InChI is InChI=1S/C5H3FN2S/c6-4-1-7-5(3-9)8-2-4/h1-3H. The maximum Gasteiger partial charge on any atom is 0.162 e. The van der Waals surface area contributed by atoms with Gasteiger partial charge < -0.3 is 0 Å². The van der Waals surface area contributed by atoms with E-state index >= 15 is 0 Å². The van der Waals surface area contributed by atoms with Gasteiger partial charge in [-0.1, -0.05) is 12.2 Å². The smallest absolute Gasteiger partial charge is 0.162 e. The predicted molar refractivity (Wildman–Crippen MR) is 34.7 cm³/mol. The summed E-state index contributed by atoms with van der Waals surface area (Å²) in [6.07, 6.45) is 2.15. The number of thiocarbonyl (C=S) groups is 1. The number of rotatable bonds is 1. The molecule has 9 heavy (non-hydrogen) atoms. The first-order valence-electron chi connectivity index (χ1n) is 2.25. The van der Waals surface area contributed by atoms with Crippen molar-refractivity contribution in [3.63, 3.8) is 0 Å². The first-order valence-corrected chi connectivity index (χ1v) is 2.73. The van der Waals surface area contributed by atoms with Crippen molar-refractivity contribution in [2.75, 3.05) is 0 Å². The Morgan fingerprint density at radius 3 is 2.44 bits per heavy atom. The minimum absolute atomic E-state index is 0.367. The van der Waals surface area contributed by atoms with Crippen LogP contribution in [-0.2, 0) is 0 Å². The molecule has 0 aliphatic carbocycles. The molecule has 0 bridgehead atoms. The summed E-state index contributed by atoms with van der Waals surface area (Å²) in [7, 11) is 0. The van der Waals surface area contributed by atoms with Crippen LogP contribution in [-0.4, -0.2) is 15.3 Å². The molecule has 1 rings (SSSR count). The third-order valence-corrected chi connectivity index (χ3v) is 0.957. The molecule has 0 fully saturated rings. The summed E-state index contributed by atoms with van der Waals surface area (Å²) in [5.41, 5.74) is 0. The van der Waals surface area contributed by atoms with E-state index in [1.54, 1.807) is 0 Å². The highest BCUT2D eigenvalue weighted by Crippen LogP contribution is 1.89. The van der Waals surface area contributed by atoms with Crippen molar-refractivity contribution in [2.45, 2.75) is 0 Å². The lowest BCUT2D eigenvalue weighted by Gasteiger charge is -1.86. The molecule has 1 heterocycles. The molecule has 0 amide bonds. The van der Waals surface area contributed by atoms with E-state index in [1.807, 2.05) is 0 Å². The predicted octanol–water partition coefficient (Wildman–Crippen LogP) is 0.963. The van der Waals surface area contributed by atoms with Crippen molar-refractivity contribution in [3.05, 3.63) is 24.0 Å². The molecule has 0 atom stereocenters. The number of nitrogens with zero attached hydrogens (tertiary/aromatic N) is 2. The Kier molecular flexibility index (Phi) is 1.79. The molecule has 0 N–H and O–H groups in total. The van der Waals surface area contributed by atoms with Crippen LogP contribution in [0.3, 0.4) is 0 Å². The van der Waals surface area contributed by atoms with Gasteiger partial charge in [-0.3, -0.25) is 0 Å². The van der Waals surface area contributed by atoms with E-state index in [0.29, 0.717) is 5.82 Å². The van der Waals surface area contributed by atoms with E-state index in [1.165, 1.54) is 5.37 Å². The molecular formula is C5H3FN2S. The van der Waals surface area contributed by atoms with Crippen molar-refractivity contribution in [1.82, 2.24) is 9.97 Å². The zero-order valence-corrected chi connectivity index (χ0v) is 5.23. The summed E-state index contributed by atoms with van der Waals surface area (Å²) in [6, 6.07) is 0. The van der Waals surface area contributed by atoms with E-state index in [4.69, 9.17) is 0 Å². The number of hydrogen-bond donors (Lipinski definition) is 0. The molecule has 0 unspecified atom stereocenters. The van der Waals surface area contributed by atoms with Gasteiger partial charge in [0, 0.05) is 5.37 Å². The molecule has 0 saturated carbocycles. The van der Waals surface area contributed by atoms with E-state index in [-0.39, 0.29) is 0 Å². The highest BCUT2D eigenvalue weighted by atomic mass is 32.1. The molecule has 1 aromatic heterocycles. The molecule has 4 heteroatoms. The zero-order chi connectivity index (χ0) is 6.69. The minimum Gasteiger partial charge on any atom is -0.233 e. The Morgan fingerprint density at radius 2 is 2.00 bits per heavy atom. The largest absolute Gasteiger partial charge is 0.233 e. The van der Waals surface area contributed by atoms with Crippen LogP contribution in [0.2, 0.25) is 0 Å². The molecule has 0 spiro atoms. The maximum atomic E-state index is 12.1. The Balaban J connectivity index is 3.01. The Morgan fingerprint density at radius 1 is 1.44 bits per heavy atom. The van der Waals surface area contributed by atoms with E-state index in [9.17, 15) is 4.39 Å². The summed E-state index contributed by atoms with van der Waals surface area (Å²) < 4.78 is 12.1. The van der Waals surface area contributed by atoms with E-state index < -0.39 is 5.82 Å². The average molecular weight is 142 g/mol. The van der Waals surface area contributed by atoms with Crippen molar-refractivity contribution in [3.8, 4) is 0 Å². The highest BCUT2D eigenvalue weighted by Gasteiger charge is 1.89. The summed E-state index contributed by atoms with van der Waals surface area (Å²) in [5, 5.41) is 1.29. The lowest BCUT2D eigenvalue weighted by molar-refractivity contribution is 0.613. The van der Waals surface area contributed by atoms with Crippen molar-refractivity contribution in [1.29, 1.82) is 0 Å². The van der Waals surface area contributed by atoms with Crippen LogP contribution >= 0.6 is 12.2 Å². The van der Waals surface area contributed by atoms with E-state index in [2.05, 4.69) is 22.2 Å². The van der Waals surface area contributed by atoms with Gasteiger partial charge in [0.2, 0.25) is 0 Å². The van der Waals surface area contributed by atoms with E-state index in [0.717, 1.165) is 12.4 Å². The van der Waals surface area contributed by atoms with Gasteiger partial charge >= 0.3 is 0 Å². The van der Waals surface area contributed by atoms with Gasteiger partial charge in [-0.15, -0.1) is 0 Å².